The van der Waals surface area contributed by atoms with E-state index in [2.05, 4.69) is 10.4 Å². The van der Waals surface area contributed by atoms with E-state index in [-0.39, 0.29) is 30.0 Å². The quantitative estimate of drug-likeness (QED) is 0.854. The van der Waals surface area contributed by atoms with Crippen molar-refractivity contribution in [2.45, 2.75) is 19.9 Å². The molecule has 2 rings (SSSR count). The van der Waals surface area contributed by atoms with Gasteiger partial charge in [0.15, 0.2) is 5.82 Å². The van der Waals surface area contributed by atoms with Crippen molar-refractivity contribution in [2.75, 3.05) is 5.32 Å². The van der Waals surface area contributed by atoms with Gasteiger partial charge in [0.1, 0.15) is 12.4 Å². The van der Waals surface area contributed by atoms with Crippen molar-refractivity contribution in [1.29, 1.82) is 0 Å². The Morgan fingerprint density at radius 3 is 2.86 bits per heavy atom. The van der Waals surface area contributed by atoms with Crippen LogP contribution in [0.1, 0.15) is 12.5 Å². The fourth-order valence-electron chi connectivity index (χ4n) is 2.01. The summed E-state index contributed by atoms with van der Waals surface area (Å²) < 4.78 is 14.3. The third-order valence-electron chi connectivity index (χ3n) is 3.07. The van der Waals surface area contributed by atoms with Gasteiger partial charge in [-0.25, -0.2) is 4.39 Å². The summed E-state index contributed by atoms with van der Waals surface area (Å²) >= 11 is 0. The molecule has 116 valence electrons. The van der Waals surface area contributed by atoms with Crippen LogP contribution in [-0.2, 0) is 22.6 Å². The Labute approximate surface area is 126 Å². The van der Waals surface area contributed by atoms with E-state index >= 15 is 0 Å². The number of carbonyl (C=O) groups is 2. The summed E-state index contributed by atoms with van der Waals surface area (Å²) in [5, 5.41) is 15.2. The Bertz CT molecular complexity index is 684. The van der Waals surface area contributed by atoms with Gasteiger partial charge >= 0.3 is 5.97 Å². The van der Waals surface area contributed by atoms with Crippen molar-refractivity contribution in [2.24, 2.45) is 5.92 Å². The fraction of sp³-hybridized carbons (Fsp3) is 0.267. The van der Waals surface area contributed by atoms with E-state index in [1.54, 1.807) is 19.1 Å². The molecule has 2 N–H and O–H groups in total. The maximum absolute atomic E-state index is 13.1. The van der Waals surface area contributed by atoms with Gasteiger partial charge < -0.3 is 10.4 Å². The molecule has 0 aliphatic heterocycles. The number of aromatic nitrogens is 2. The summed E-state index contributed by atoms with van der Waals surface area (Å²) in [5.74, 6) is -1.69. The van der Waals surface area contributed by atoms with E-state index in [4.69, 9.17) is 5.11 Å². The molecule has 0 aliphatic carbocycles. The monoisotopic (exact) mass is 305 g/mol. The van der Waals surface area contributed by atoms with Gasteiger partial charge in [0.05, 0.1) is 0 Å². The van der Waals surface area contributed by atoms with Crippen LogP contribution in [0.3, 0.4) is 0 Å². The molecule has 1 aromatic carbocycles. The summed E-state index contributed by atoms with van der Waals surface area (Å²) in [6.07, 6.45) is 1.88. The number of carboxylic acids is 1. The van der Waals surface area contributed by atoms with Crippen LogP contribution in [0.4, 0.5) is 10.2 Å². The zero-order chi connectivity index (χ0) is 16.1. The highest BCUT2D eigenvalue weighted by molar-refractivity contribution is 5.91. The van der Waals surface area contributed by atoms with Crippen LogP contribution >= 0.6 is 0 Å². The predicted molar refractivity (Wildman–Crippen MR) is 77.8 cm³/mol. The predicted octanol–water partition coefficient (Wildman–Crippen LogP) is 1.92. The SMILES string of the molecule is CC(Cc1cccc(F)c1)C(=O)Nc1ccn(CC(=O)O)n1. The number of aliphatic carboxylic acids is 1. The van der Waals surface area contributed by atoms with Crippen molar-refractivity contribution in [3.63, 3.8) is 0 Å². The summed E-state index contributed by atoms with van der Waals surface area (Å²) in [6, 6.07) is 7.63. The first-order chi connectivity index (χ1) is 10.4. The molecule has 22 heavy (non-hydrogen) atoms. The molecule has 7 heteroatoms. The van der Waals surface area contributed by atoms with E-state index < -0.39 is 5.97 Å². The van der Waals surface area contributed by atoms with Gasteiger partial charge in [-0.2, -0.15) is 5.10 Å². The van der Waals surface area contributed by atoms with E-state index in [0.717, 1.165) is 5.56 Å². The lowest BCUT2D eigenvalue weighted by Gasteiger charge is -2.11. The summed E-state index contributed by atoms with van der Waals surface area (Å²) in [4.78, 5) is 22.6. The van der Waals surface area contributed by atoms with E-state index in [1.165, 1.54) is 29.1 Å². The Kier molecular flexibility index (Phi) is 4.88. The second-order valence-electron chi connectivity index (χ2n) is 5.02. The number of carboxylic acid groups (broad SMARTS) is 1. The number of nitrogens with zero attached hydrogens (tertiary/aromatic N) is 2. The number of nitrogens with one attached hydrogen (secondary N) is 1. The van der Waals surface area contributed by atoms with Gasteiger partial charge in [-0.1, -0.05) is 19.1 Å². The molecular formula is C15H16FN3O3. The summed E-state index contributed by atoms with van der Waals surface area (Å²) in [5.41, 5.74) is 0.735. The molecule has 1 amide bonds. The maximum Gasteiger partial charge on any atom is 0.325 e. The van der Waals surface area contributed by atoms with Gasteiger partial charge in [-0.3, -0.25) is 14.3 Å². The zero-order valence-corrected chi connectivity index (χ0v) is 12.0. The Morgan fingerprint density at radius 1 is 1.41 bits per heavy atom. The lowest BCUT2D eigenvalue weighted by atomic mass is 10.0. The lowest BCUT2D eigenvalue weighted by Crippen LogP contribution is -2.22. The molecule has 1 heterocycles. The number of amides is 1. The zero-order valence-electron chi connectivity index (χ0n) is 12.0. The van der Waals surface area contributed by atoms with Crippen LogP contribution in [0.2, 0.25) is 0 Å². The van der Waals surface area contributed by atoms with Crippen LogP contribution in [0.25, 0.3) is 0 Å². The second kappa shape index (κ2) is 6.84. The smallest absolute Gasteiger partial charge is 0.325 e. The number of rotatable bonds is 6. The maximum atomic E-state index is 13.1. The standard InChI is InChI=1S/C15H16FN3O3/c1-10(7-11-3-2-4-12(16)8-11)15(22)17-13-5-6-19(18-13)9-14(20)21/h2-6,8,10H,7,9H2,1H3,(H,20,21)(H,17,18,22). The van der Waals surface area contributed by atoms with E-state index in [9.17, 15) is 14.0 Å². The Morgan fingerprint density at radius 2 is 2.18 bits per heavy atom. The molecule has 1 unspecified atom stereocenters. The van der Waals surface area contributed by atoms with Crippen molar-refractivity contribution >= 4 is 17.7 Å². The molecule has 1 atom stereocenters. The number of carbonyl (C=O) groups excluding carboxylic acids is 1. The van der Waals surface area contributed by atoms with Crippen LogP contribution in [0.5, 0.6) is 0 Å². The second-order valence-corrected chi connectivity index (χ2v) is 5.02. The highest BCUT2D eigenvalue weighted by Crippen LogP contribution is 2.12. The van der Waals surface area contributed by atoms with Crippen molar-refractivity contribution in [3.8, 4) is 0 Å². The molecule has 2 aromatic rings. The third kappa shape index (κ3) is 4.41. The van der Waals surface area contributed by atoms with Gasteiger partial charge in [-0.15, -0.1) is 0 Å². The Hall–Kier alpha value is -2.70. The normalized spacial score (nSPS) is 11.9. The average molecular weight is 305 g/mol. The first kappa shape index (κ1) is 15.7. The molecule has 0 aliphatic rings. The van der Waals surface area contributed by atoms with Gasteiger partial charge in [0.25, 0.3) is 0 Å². The van der Waals surface area contributed by atoms with Gasteiger partial charge in [0, 0.05) is 18.2 Å². The minimum Gasteiger partial charge on any atom is -0.480 e. The minimum atomic E-state index is -1.01. The molecule has 0 fully saturated rings. The number of anilines is 1. The van der Waals surface area contributed by atoms with Crippen LogP contribution in [-0.4, -0.2) is 26.8 Å². The third-order valence-corrected chi connectivity index (χ3v) is 3.07. The molecule has 0 saturated heterocycles. The topological polar surface area (TPSA) is 84.2 Å². The fourth-order valence-corrected chi connectivity index (χ4v) is 2.01. The van der Waals surface area contributed by atoms with Crippen LogP contribution < -0.4 is 5.32 Å². The first-order valence-corrected chi connectivity index (χ1v) is 6.74. The molecule has 1 aromatic heterocycles. The number of halogens is 1. The average Bonchev–Trinajstić information content (AvgIpc) is 2.85. The molecular weight excluding hydrogens is 289 g/mol. The van der Waals surface area contributed by atoms with Crippen LogP contribution in [0, 0.1) is 11.7 Å². The van der Waals surface area contributed by atoms with Crippen LogP contribution in [0.15, 0.2) is 36.5 Å². The Balaban J connectivity index is 1.93. The summed E-state index contributed by atoms with van der Waals surface area (Å²) in [6.45, 7) is 1.46. The largest absolute Gasteiger partial charge is 0.480 e. The highest BCUT2D eigenvalue weighted by atomic mass is 19.1. The number of hydrogen-bond donors (Lipinski definition) is 2. The molecule has 6 nitrogen and oxygen atoms in total. The van der Waals surface area contributed by atoms with Crippen molar-refractivity contribution in [3.05, 3.63) is 47.9 Å². The molecule has 0 spiro atoms. The molecule has 0 saturated carbocycles. The van der Waals surface area contributed by atoms with Crippen molar-refractivity contribution in [1.82, 2.24) is 9.78 Å². The van der Waals surface area contributed by atoms with E-state index in [1.807, 2.05) is 0 Å². The molecule has 0 radical (unpaired) electrons. The van der Waals surface area contributed by atoms with Crippen molar-refractivity contribution < 1.29 is 19.1 Å². The van der Waals surface area contributed by atoms with Gasteiger partial charge in [0.2, 0.25) is 5.91 Å². The highest BCUT2D eigenvalue weighted by Gasteiger charge is 2.15. The first-order valence-electron chi connectivity index (χ1n) is 6.74. The minimum absolute atomic E-state index is 0.259. The summed E-state index contributed by atoms with van der Waals surface area (Å²) in [7, 11) is 0. The van der Waals surface area contributed by atoms with E-state index in [0.29, 0.717) is 6.42 Å². The lowest BCUT2D eigenvalue weighted by molar-refractivity contribution is -0.137. The number of hydrogen-bond acceptors (Lipinski definition) is 3. The molecule has 0 bridgehead atoms. The number of benzene rings is 1. The van der Waals surface area contributed by atoms with Gasteiger partial charge in [-0.05, 0) is 24.1 Å².